The van der Waals surface area contributed by atoms with Crippen molar-refractivity contribution in [2.24, 2.45) is 0 Å². The van der Waals surface area contributed by atoms with Crippen molar-refractivity contribution in [3.05, 3.63) is 78.1 Å². The summed E-state index contributed by atoms with van der Waals surface area (Å²) >= 11 is 0. The molecule has 0 saturated carbocycles. The van der Waals surface area contributed by atoms with Gasteiger partial charge in [-0.2, -0.15) is 0 Å². The highest BCUT2D eigenvalue weighted by atomic mass is 16.5. The van der Waals surface area contributed by atoms with Gasteiger partial charge in [0.2, 0.25) is 0 Å². The molecule has 4 heteroatoms. The fourth-order valence-electron chi connectivity index (χ4n) is 3.32. The van der Waals surface area contributed by atoms with Gasteiger partial charge in [0.1, 0.15) is 5.75 Å². The summed E-state index contributed by atoms with van der Waals surface area (Å²) in [6.45, 7) is 2.73. The molecule has 2 aromatic carbocycles. The lowest BCUT2D eigenvalue weighted by atomic mass is 10.0. The van der Waals surface area contributed by atoms with Gasteiger partial charge >= 0.3 is 0 Å². The van der Waals surface area contributed by atoms with Crippen LogP contribution in [0.25, 0.3) is 11.1 Å². The third-order valence-corrected chi connectivity index (χ3v) is 4.73. The number of hydrogen-bond acceptors (Lipinski definition) is 3. The molecular weight excluding hydrogens is 324 g/mol. The Balaban J connectivity index is 1.49. The number of rotatable bonds is 4. The Labute approximate surface area is 153 Å². The second kappa shape index (κ2) is 7.00. The number of hydrogen-bond donors (Lipinski definition) is 0. The van der Waals surface area contributed by atoms with Crippen molar-refractivity contribution in [2.75, 3.05) is 18.1 Å². The molecule has 0 radical (unpaired) electrons. The van der Waals surface area contributed by atoms with Gasteiger partial charge in [-0.05, 0) is 65.9 Å². The monoisotopic (exact) mass is 344 g/mol. The Morgan fingerprint density at radius 1 is 1.08 bits per heavy atom. The van der Waals surface area contributed by atoms with Gasteiger partial charge in [0, 0.05) is 24.6 Å². The van der Waals surface area contributed by atoms with Crippen molar-refractivity contribution in [1.29, 1.82) is 0 Å². The molecule has 0 fully saturated rings. The Bertz CT molecular complexity index is 938. The lowest BCUT2D eigenvalue weighted by Gasteiger charge is -2.18. The van der Waals surface area contributed by atoms with Crippen LogP contribution in [0.1, 0.15) is 11.1 Å². The Morgan fingerprint density at radius 3 is 2.69 bits per heavy atom. The Morgan fingerprint density at radius 2 is 1.88 bits per heavy atom. The van der Waals surface area contributed by atoms with Crippen molar-refractivity contribution in [3.63, 3.8) is 0 Å². The quantitative estimate of drug-likeness (QED) is 0.718. The number of amides is 1. The molecule has 1 aromatic heterocycles. The first kappa shape index (κ1) is 16.3. The highest BCUT2D eigenvalue weighted by Crippen LogP contribution is 2.32. The van der Waals surface area contributed by atoms with Gasteiger partial charge in [-0.25, -0.2) is 0 Å². The van der Waals surface area contributed by atoms with Gasteiger partial charge in [0.05, 0.1) is 0 Å². The lowest BCUT2D eigenvalue weighted by molar-refractivity contribution is -0.120. The van der Waals surface area contributed by atoms with Crippen LogP contribution in [0.5, 0.6) is 5.75 Å². The van der Waals surface area contributed by atoms with Crippen molar-refractivity contribution in [1.82, 2.24) is 4.98 Å². The summed E-state index contributed by atoms with van der Waals surface area (Å²) < 4.78 is 5.72. The number of ether oxygens (including phenoxy) is 1. The molecule has 2 heterocycles. The van der Waals surface area contributed by atoms with Crippen molar-refractivity contribution in [3.8, 4) is 16.9 Å². The number of carbonyl (C=O) groups is 1. The van der Waals surface area contributed by atoms with Gasteiger partial charge in [0.25, 0.3) is 5.91 Å². The molecule has 0 N–H and O–H groups in total. The van der Waals surface area contributed by atoms with E-state index in [4.69, 9.17) is 4.74 Å². The second-order valence-electron chi connectivity index (χ2n) is 6.43. The van der Waals surface area contributed by atoms with Gasteiger partial charge in [0.15, 0.2) is 6.61 Å². The zero-order chi connectivity index (χ0) is 17.9. The third kappa shape index (κ3) is 3.18. The summed E-state index contributed by atoms with van der Waals surface area (Å²) in [5, 5.41) is 0. The van der Waals surface area contributed by atoms with Gasteiger partial charge in [-0.15, -0.1) is 0 Å². The first-order chi connectivity index (χ1) is 12.7. The summed E-state index contributed by atoms with van der Waals surface area (Å²) in [6.07, 6.45) is 4.45. The molecule has 1 aliphatic heterocycles. The molecular formula is C22H20N2O2. The van der Waals surface area contributed by atoms with E-state index in [0.717, 1.165) is 34.5 Å². The largest absolute Gasteiger partial charge is 0.483 e. The topological polar surface area (TPSA) is 42.4 Å². The van der Waals surface area contributed by atoms with Crippen LogP contribution in [0.15, 0.2) is 67.0 Å². The van der Waals surface area contributed by atoms with E-state index >= 15 is 0 Å². The van der Waals surface area contributed by atoms with E-state index in [-0.39, 0.29) is 12.5 Å². The van der Waals surface area contributed by atoms with Crippen LogP contribution < -0.4 is 9.64 Å². The number of anilines is 1. The van der Waals surface area contributed by atoms with E-state index in [1.54, 1.807) is 12.4 Å². The number of pyridine rings is 1. The number of nitrogens with zero attached hydrogens (tertiary/aromatic N) is 2. The molecule has 0 spiro atoms. The minimum absolute atomic E-state index is 0.0105. The molecule has 26 heavy (non-hydrogen) atoms. The van der Waals surface area contributed by atoms with E-state index in [1.165, 1.54) is 5.56 Å². The van der Waals surface area contributed by atoms with Gasteiger partial charge in [-0.1, -0.05) is 24.3 Å². The standard InChI is InChI=1S/C22H20N2O2/c1-16-4-2-3-5-21(16)26-15-22(25)24-13-10-19-14-18(6-7-20(19)24)17-8-11-23-12-9-17/h2-9,11-12,14H,10,13,15H2,1H3. The zero-order valence-corrected chi connectivity index (χ0v) is 14.7. The molecule has 1 amide bonds. The van der Waals surface area contributed by atoms with Crippen LogP contribution in [0, 0.1) is 6.92 Å². The second-order valence-corrected chi connectivity index (χ2v) is 6.43. The maximum atomic E-state index is 12.6. The Hall–Kier alpha value is -3.14. The summed E-state index contributed by atoms with van der Waals surface area (Å²) in [7, 11) is 0. The molecule has 0 bridgehead atoms. The number of carbonyl (C=O) groups excluding carboxylic acids is 1. The minimum atomic E-state index is -0.0105. The fourth-order valence-corrected chi connectivity index (χ4v) is 3.32. The summed E-state index contributed by atoms with van der Waals surface area (Å²) in [4.78, 5) is 18.5. The van der Waals surface area contributed by atoms with Gasteiger partial charge < -0.3 is 9.64 Å². The van der Waals surface area contributed by atoms with E-state index in [2.05, 4.69) is 17.1 Å². The molecule has 0 aliphatic carbocycles. The smallest absolute Gasteiger partial charge is 0.264 e. The minimum Gasteiger partial charge on any atom is -0.483 e. The zero-order valence-electron chi connectivity index (χ0n) is 14.7. The summed E-state index contributed by atoms with van der Waals surface area (Å²) in [5.74, 6) is 0.747. The number of aryl methyl sites for hydroxylation is 1. The van der Waals surface area contributed by atoms with E-state index in [9.17, 15) is 4.79 Å². The molecule has 4 rings (SSSR count). The summed E-state index contributed by atoms with van der Waals surface area (Å²) in [6, 6.07) is 18.0. The number of fused-ring (bicyclic) bond motifs is 1. The van der Waals surface area contributed by atoms with Crippen LogP contribution in [0.4, 0.5) is 5.69 Å². The first-order valence-corrected chi connectivity index (χ1v) is 8.74. The third-order valence-electron chi connectivity index (χ3n) is 4.73. The predicted molar refractivity (Wildman–Crippen MR) is 102 cm³/mol. The molecule has 0 unspecified atom stereocenters. The normalized spacial score (nSPS) is 12.7. The Kier molecular flexibility index (Phi) is 4.40. The highest BCUT2D eigenvalue weighted by molar-refractivity contribution is 5.97. The van der Waals surface area contributed by atoms with Crippen LogP contribution in [-0.2, 0) is 11.2 Å². The van der Waals surface area contributed by atoms with Crippen molar-refractivity contribution < 1.29 is 9.53 Å². The van der Waals surface area contributed by atoms with Gasteiger partial charge in [-0.3, -0.25) is 9.78 Å². The summed E-state index contributed by atoms with van der Waals surface area (Å²) in [5.41, 5.74) is 5.50. The average Bonchev–Trinajstić information content (AvgIpc) is 3.11. The molecule has 1 aliphatic rings. The van der Waals surface area contributed by atoms with Crippen LogP contribution in [-0.4, -0.2) is 24.0 Å². The molecule has 130 valence electrons. The van der Waals surface area contributed by atoms with E-state index in [0.29, 0.717) is 6.54 Å². The first-order valence-electron chi connectivity index (χ1n) is 8.74. The van der Waals surface area contributed by atoms with Crippen LogP contribution in [0.2, 0.25) is 0 Å². The molecule has 0 saturated heterocycles. The maximum absolute atomic E-state index is 12.6. The van der Waals surface area contributed by atoms with E-state index < -0.39 is 0 Å². The predicted octanol–water partition coefficient (Wildman–Crippen LogP) is 4.03. The van der Waals surface area contributed by atoms with Crippen LogP contribution >= 0.6 is 0 Å². The fraction of sp³-hybridized carbons (Fsp3) is 0.182. The number of aromatic nitrogens is 1. The van der Waals surface area contributed by atoms with E-state index in [1.807, 2.05) is 54.3 Å². The van der Waals surface area contributed by atoms with Crippen LogP contribution in [0.3, 0.4) is 0 Å². The molecule has 4 nitrogen and oxygen atoms in total. The number of para-hydroxylation sites is 1. The van der Waals surface area contributed by atoms with Crippen molar-refractivity contribution in [2.45, 2.75) is 13.3 Å². The lowest BCUT2D eigenvalue weighted by Crippen LogP contribution is -2.33. The number of benzene rings is 2. The molecule has 3 aromatic rings. The molecule has 0 atom stereocenters. The maximum Gasteiger partial charge on any atom is 0.264 e. The van der Waals surface area contributed by atoms with Crippen molar-refractivity contribution >= 4 is 11.6 Å². The highest BCUT2D eigenvalue weighted by Gasteiger charge is 2.25. The SMILES string of the molecule is Cc1ccccc1OCC(=O)N1CCc2cc(-c3ccncc3)ccc21. The average molecular weight is 344 g/mol.